The lowest BCUT2D eigenvalue weighted by atomic mass is 10.1. The maximum Gasteiger partial charge on any atom is 0.326 e. The summed E-state index contributed by atoms with van der Waals surface area (Å²) in [5.41, 5.74) is 0.683. The van der Waals surface area contributed by atoms with Gasteiger partial charge in [-0.3, -0.25) is 9.69 Å². The van der Waals surface area contributed by atoms with Gasteiger partial charge >= 0.3 is 6.03 Å². The van der Waals surface area contributed by atoms with Crippen LogP contribution in [0.5, 0.6) is 11.5 Å². The summed E-state index contributed by atoms with van der Waals surface area (Å²) in [4.78, 5) is 26.7. The van der Waals surface area contributed by atoms with E-state index in [-0.39, 0.29) is 24.7 Å². The van der Waals surface area contributed by atoms with Crippen LogP contribution in [0.15, 0.2) is 78.9 Å². The fourth-order valence-electron chi connectivity index (χ4n) is 3.52. The van der Waals surface area contributed by atoms with Crippen molar-refractivity contribution >= 4 is 23.3 Å². The highest BCUT2D eigenvalue weighted by Crippen LogP contribution is 2.25. The Kier molecular flexibility index (Phi) is 10.1. The number of hydrogen-bond donors (Lipinski definition) is 2. The first-order chi connectivity index (χ1) is 17.1. The molecule has 6 nitrogen and oxygen atoms in total. The maximum atomic E-state index is 14.1. The van der Waals surface area contributed by atoms with E-state index in [0.717, 1.165) is 25.7 Å². The van der Waals surface area contributed by atoms with Crippen LogP contribution in [-0.4, -0.2) is 25.0 Å². The van der Waals surface area contributed by atoms with Crippen LogP contribution in [0.1, 0.15) is 39.0 Å². The molecule has 0 aliphatic heterocycles. The van der Waals surface area contributed by atoms with E-state index >= 15 is 0 Å². The summed E-state index contributed by atoms with van der Waals surface area (Å²) in [7, 11) is 0. The zero-order valence-corrected chi connectivity index (χ0v) is 20.0. The van der Waals surface area contributed by atoms with Crippen LogP contribution >= 0.6 is 0 Å². The van der Waals surface area contributed by atoms with Crippen molar-refractivity contribution in [1.29, 1.82) is 0 Å². The van der Waals surface area contributed by atoms with Crippen LogP contribution in [0, 0.1) is 5.82 Å². The fraction of sp³-hybridized carbons (Fsp3) is 0.286. The smallest absolute Gasteiger partial charge is 0.326 e. The lowest BCUT2D eigenvalue weighted by Gasteiger charge is -2.24. The number of amides is 3. The summed E-state index contributed by atoms with van der Waals surface area (Å²) in [5.74, 6) is 0.765. The van der Waals surface area contributed by atoms with Crippen LogP contribution < -0.4 is 20.3 Å². The fourth-order valence-corrected chi connectivity index (χ4v) is 3.52. The van der Waals surface area contributed by atoms with Gasteiger partial charge in [-0.1, -0.05) is 56.5 Å². The van der Waals surface area contributed by atoms with Gasteiger partial charge in [0, 0.05) is 25.2 Å². The zero-order valence-electron chi connectivity index (χ0n) is 20.0. The van der Waals surface area contributed by atoms with Crippen molar-refractivity contribution in [2.75, 3.05) is 23.3 Å². The van der Waals surface area contributed by atoms with Crippen LogP contribution in [-0.2, 0) is 4.79 Å². The molecular formula is C28H32FN3O3. The third-order valence-corrected chi connectivity index (χ3v) is 5.40. The Morgan fingerprint density at radius 3 is 2.26 bits per heavy atom. The Bertz CT molecular complexity index is 1070. The van der Waals surface area contributed by atoms with E-state index in [1.54, 1.807) is 36.4 Å². The van der Waals surface area contributed by atoms with E-state index in [1.807, 2.05) is 30.3 Å². The first-order valence-corrected chi connectivity index (χ1v) is 12.0. The quantitative estimate of drug-likeness (QED) is 0.284. The first-order valence-electron chi connectivity index (χ1n) is 12.0. The van der Waals surface area contributed by atoms with Gasteiger partial charge in [-0.05, 0) is 55.0 Å². The van der Waals surface area contributed by atoms with Crippen molar-refractivity contribution in [3.63, 3.8) is 0 Å². The summed E-state index contributed by atoms with van der Waals surface area (Å²) >= 11 is 0. The molecule has 0 atom stereocenters. The highest BCUT2D eigenvalue weighted by atomic mass is 19.1. The molecule has 0 spiro atoms. The van der Waals surface area contributed by atoms with Crippen molar-refractivity contribution in [2.24, 2.45) is 0 Å². The minimum Gasteiger partial charge on any atom is -0.457 e. The average Bonchev–Trinajstić information content (AvgIpc) is 2.87. The van der Waals surface area contributed by atoms with E-state index in [4.69, 9.17) is 4.74 Å². The van der Waals surface area contributed by atoms with E-state index in [1.165, 1.54) is 17.0 Å². The highest BCUT2D eigenvalue weighted by Gasteiger charge is 2.18. The maximum absolute atomic E-state index is 14.1. The van der Waals surface area contributed by atoms with Gasteiger partial charge in [0.05, 0.1) is 5.69 Å². The third-order valence-electron chi connectivity index (χ3n) is 5.40. The second kappa shape index (κ2) is 13.7. The van der Waals surface area contributed by atoms with Gasteiger partial charge in [-0.15, -0.1) is 0 Å². The SMILES string of the molecule is CCCCCCC(=O)NCCN(C(=O)Nc1ccccc1F)c1ccc(Oc2ccccc2)cc1. The molecule has 0 fully saturated rings. The molecule has 0 aromatic heterocycles. The molecule has 0 saturated carbocycles. The van der Waals surface area contributed by atoms with Crippen LogP contribution in [0.4, 0.5) is 20.6 Å². The minimum absolute atomic E-state index is 0.0397. The van der Waals surface area contributed by atoms with Gasteiger partial charge in [0.1, 0.15) is 17.3 Å². The molecule has 35 heavy (non-hydrogen) atoms. The molecular weight excluding hydrogens is 445 g/mol. The van der Waals surface area contributed by atoms with Crippen LogP contribution in [0.25, 0.3) is 0 Å². The lowest BCUT2D eigenvalue weighted by molar-refractivity contribution is -0.121. The van der Waals surface area contributed by atoms with Crippen molar-refractivity contribution in [3.05, 3.63) is 84.7 Å². The average molecular weight is 478 g/mol. The number of halogens is 1. The highest BCUT2D eigenvalue weighted by molar-refractivity contribution is 6.01. The predicted octanol–water partition coefficient (Wildman–Crippen LogP) is 6.74. The molecule has 3 aromatic rings. The number of urea groups is 1. The summed E-state index contributed by atoms with van der Waals surface area (Å²) in [6.45, 7) is 2.63. The van der Waals surface area contributed by atoms with Gasteiger partial charge in [0.25, 0.3) is 0 Å². The Morgan fingerprint density at radius 2 is 1.54 bits per heavy atom. The Labute approximate surface area is 206 Å². The van der Waals surface area contributed by atoms with E-state index < -0.39 is 11.8 Å². The van der Waals surface area contributed by atoms with Gasteiger partial charge in [-0.2, -0.15) is 0 Å². The van der Waals surface area contributed by atoms with Crippen molar-refractivity contribution in [3.8, 4) is 11.5 Å². The number of carbonyl (C=O) groups excluding carboxylic acids is 2. The number of anilines is 2. The second-order valence-electron chi connectivity index (χ2n) is 8.13. The molecule has 184 valence electrons. The van der Waals surface area contributed by atoms with E-state index in [2.05, 4.69) is 17.6 Å². The monoisotopic (exact) mass is 477 g/mol. The summed E-state index contributed by atoms with van der Waals surface area (Å²) in [6.07, 6.45) is 4.57. The molecule has 0 saturated heterocycles. The number of hydrogen-bond acceptors (Lipinski definition) is 3. The van der Waals surface area contributed by atoms with E-state index in [0.29, 0.717) is 23.6 Å². The summed E-state index contributed by atoms with van der Waals surface area (Å²) in [5, 5.41) is 5.49. The van der Waals surface area contributed by atoms with Gasteiger partial charge in [0.15, 0.2) is 0 Å². The third kappa shape index (κ3) is 8.45. The molecule has 3 rings (SSSR count). The molecule has 7 heteroatoms. The lowest BCUT2D eigenvalue weighted by Crippen LogP contribution is -2.41. The zero-order chi connectivity index (χ0) is 24.9. The minimum atomic E-state index is -0.521. The molecule has 0 bridgehead atoms. The number of para-hydroxylation sites is 2. The van der Waals surface area contributed by atoms with Crippen LogP contribution in [0.3, 0.4) is 0 Å². The van der Waals surface area contributed by atoms with Gasteiger partial charge < -0.3 is 15.4 Å². The number of carbonyl (C=O) groups is 2. The van der Waals surface area contributed by atoms with Crippen molar-refractivity contribution in [1.82, 2.24) is 5.32 Å². The Balaban J connectivity index is 1.66. The number of nitrogens with one attached hydrogen (secondary N) is 2. The molecule has 3 aromatic carbocycles. The number of rotatable bonds is 12. The molecule has 0 aliphatic rings. The number of unbranched alkanes of at least 4 members (excludes halogenated alkanes) is 3. The number of ether oxygens (including phenoxy) is 1. The molecule has 0 aliphatic carbocycles. The van der Waals surface area contributed by atoms with Gasteiger partial charge in [-0.25, -0.2) is 9.18 Å². The predicted molar refractivity (Wildman–Crippen MR) is 137 cm³/mol. The van der Waals surface area contributed by atoms with Crippen molar-refractivity contribution in [2.45, 2.75) is 39.0 Å². The molecule has 2 N–H and O–H groups in total. The molecule has 0 heterocycles. The number of benzene rings is 3. The molecule has 3 amide bonds. The topological polar surface area (TPSA) is 70.7 Å². The molecule has 0 unspecified atom stereocenters. The normalized spacial score (nSPS) is 10.5. The van der Waals surface area contributed by atoms with Crippen molar-refractivity contribution < 1.29 is 18.7 Å². The Morgan fingerprint density at radius 1 is 0.857 bits per heavy atom. The molecule has 0 radical (unpaired) electrons. The summed E-state index contributed by atoms with van der Waals surface area (Å²) < 4.78 is 19.9. The second-order valence-corrected chi connectivity index (χ2v) is 8.13. The standard InChI is InChI=1S/C28H32FN3O3/c1-2-3-4-8-15-27(33)30-20-21-32(28(34)31-26-14-10-9-13-25(26)29)22-16-18-24(19-17-22)35-23-11-6-5-7-12-23/h5-7,9-14,16-19H,2-4,8,15,20-21H2,1H3,(H,30,33)(H,31,34). The van der Waals surface area contributed by atoms with Gasteiger partial charge in [0.2, 0.25) is 5.91 Å². The van der Waals surface area contributed by atoms with E-state index in [9.17, 15) is 14.0 Å². The van der Waals surface area contributed by atoms with Crippen LogP contribution in [0.2, 0.25) is 0 Å². The first kappa shape index (κ1) is 25.7. The largest absolute Gasteiger partial charge is 0.457 e. The Hall–Kier alpha value is -3.87. The summed E-state index contributed by atoms with van der Waals surface area (Å²) in [6, 6.07) is 21.9. The number of nitrogens with zero attached hydrogens (tertiary/aromatic N) is 1.